The fraction of sp³-hybridized carbons (Fsp3) is 0.571. The predicted octanol–water partition coefficient (Wildman–Crippen LogP) is 5.03. The Bertz CT molecular complexity index is 970. The molecule has 0 radical (unpaired) electrons. The highest BCUT2D eigenvalue weighted by Gasteiger charge is 2.34. The number of carbonyl (C=O) groups excluding carboxylic acids is 2. The zero-order valence-corrected chi connectivity index (χ0v) is 21.8. The molecule has 1 aromatic heterocycles. The summed E-state index contributed by atoms with van der Waals surface area (Å²) in [5.41, 5.74) is 3.85. The summed E-state index contributed by atoms with van der Waals surface area (Å²) in [5, 5.41) is 2.18. The number of hydrogen-bond acceptors (Lipinski definition) is 4. The number of hydrogen-bond donors (Lipinski definition) is 0. The fourth-order valence-electron chi connectivity index (χ4n) is 5.35. The first kappa shape index (κ1) is 24.9. The van der Waals surface area contributed by atoms with E-state index in [1.807, 2.05) is 21.1 Å². The molecule has 0 saturated carbocycles. The van der Waals surface area contributed by atoms with Crippen molar-refractivity contribution in [3.8, 4) is 0 Å². The Hall–Kier alpha value is -2.18. The zero-order valence-electron chi connectivity index (χ0n) is 21.0. The van der Waals surface area contributed by atoms with E-state index in [2.05, 4.69) is 61.4 Å². The first-order chi connectivity index (χ1) is 16.5. The van der Waals surface area contributed by atoms with Crippen LogP contribution >= 0.6 is 11.3 Å². The summed E-state index contributed by atoms with van der Waals surface area (Å²) in [6, 6.07) is 11.2. The summed E-state index contributed by atoms with van der Waals surface area (Å²) in [4.78, 5) is 33.8. The maximum Gasteiger partial charge on any atom is 0.236 e. The van der Waals surface area contributed by atoms with Gasteiger partial charge in [0.2, 0.25) is 11.8 Å². The summed E-state index contributed by atoms with van der Waals surface area (Å²) in [6.45, 7) is 9.61. The van der Waals surface area contributed by atoms with Crippen molar-refractivity contribution in [1.29, 1.82) is 0 Å². The lowest BCUT2D eigenvalue weighted by atomic mass is 9.92. The summed E-state index contributed by atoms with van der Waals surface area (Å²) in [6.07, 6.45) is 6.10. The van der Waals surface area contributed by atoms with Gasteiger partial charge in [0.25, 0.3) is 0 Å². The average Bonchev–Trinajstić information content (AvgIpc) is 3.31. The Labute approximate surface area is 208 Å². The second kappa shape index (κ2) is 11.5. The van der Waals surface area contributed by atoms with Crippen molar-refractivity contribution in [2.24, 2.45) is 0 Å². The van der Waals surface area contributed by atoms with Crippen LogP contribution in [-0.2, 0) is 16.0 Å². The highest BCUT2D eigenvalue weighted by Crippen LogP contribution is 2.37. The van der Waals surface area contributed by atoms with E-state index in [-0.39, 0.29) is 23.9 Å². The number of benzene rings is 1. The van der Waals surface area contributed by atoms with Crippen molar-refractivity contribution in [2.75, 3.05) is 32.7 Å². The molecule has 1 aromatic carbocycles. The highest BCUT2D eigenvalue weighted by molar-refractivity contribution is 7.10. The second-order valence-electron chi connectivity index (χ2n) is 9.92. The number of fused-ring (bicyclic) bond motifs is 1. The lowest BCUT2D eigenvalue weighted by Gasteiger charge is -2.42. The topological polar surface area (TPSA) is 43.9 Å². The van der Waals surface area contributed by atoms with E-state index < -0.39 is 0 Å². The molecule has 0 unspecified atom stereocenters. The zero-order chi connectivity index (χ0) is 24.1. The molecular weight excluding hydrogens is 442 g/mol. The standard InChI is InChI=1S/C28H39N3O2S/c1-4-5-6-7-8-26(32)31-17-16-29(19-22(31)3)27(33)20-30-15-13-25-24(14-18-34-25)28(30)23-11-9-21(2)10-12-23/h9-12,14,18,22,28H,4-8,13,15-17,19-20H2,1-3H3/t22-,28-/m0/s1. The minimum absolute atomic E-state index is 0.0779. The van der Waals surface area contributed by atoms with Gasteiger partial charge in [-0.3, -0.25) is 14.5 Å². The Kier molecular flexibility index (Phi) is 8.43. The van der Waals surface area contributed by atoms with E-state index in [1.54, 1.807) is 0 Å². The third kappa shape index (κ3) is 5.72. The second-order valence-corrected chi connectivity index (χ2v) is 10.9. The van der Waals surface area contributed by atoms with Gasteiger partial charge in [-0.1, -0.05) is 56.0 Å². The Morgan fingerprint density at radius 1 is 1.00 bits per heavy atom. The summed E-state index contributed by atoms with van der Waals surface area (Å²) >= 11 is 1.83. The molecule has 2 aliphatic rings. The summed E-state index contributed by atoms with van der Waals surface area (Å²) < 4.78 is 0. The molecule has 2 aromatic rings. The number of amides is 2. The quantitative estimate of drug-likeness (QED) is 0.497. The molecule has 0 spiro atoms. The first-order valence-electron chi connectivity index (χ1n) is 12.9. The maximum atomic E-state index is 13.4. The lowest BCUT2D eigenvalue weighted by molar-refractivity contribution is -0.143. The Morgan fingerprint density at radius 3 is 2.53 bits per heavy atom. The molecule has 4 rings (SSSR count). The number of unbranched alkanes of at least 4 members (excludes halogenated alkanes) is 3. The van der Waals surface area contributed by atoms with Crippen molar-refractivity contribution >= 4 is 23.2 Å². The third-order valence-electron chi connectivity index (χ3n) is 7.34. The van der Waals surface area contributed by atoms with Crippen LogP contribution in [0, 0.1) is 6.92 Å². The van der Waals surface area contributed by atoms with Gasteiger partial charge in [-0.2, -0.15) is 0 Å². The number of nitrogens with zero attached hydrogens (tertiary/aromatic N) is 3. The largest absolute Gasteiger partial charge is 0.338 e. The summed E-state index contributed by atoms with van der Waals surface area (Å²) in [5.74, 6) is 0.425. The Balaban J connectivity index is 1.38. The van der Waals surface area contributed by atoms with Gasteiger partial charge < -0.3 is 9.80 Å². The molecule has 6 heteroatoms. The molecule has 2 aliphatic heterocycles. The van der Waals surface area contributed by atoms with E-state index in [0.717, 1.165) is 25.8 Å². The number of piperazine rings is 1. The van der Waals surface area contributed by atoms with Gasteiger partial charge >= 0.3 is 0 Å². The van der Waals surface area contributed by atoms with Gasteiger partial charge in [-0.25, -0.2) is 0 Å². The maximum absolute atomic E-state index is 13.4. The molecule has 1 saturated heterocycles. The van der Waals surface area contributed by atoms with Crippen molar-refractivity contribution in [3.63, 3.8) is 0 Å². The molecule has 0 bridgehead atoms. The minimum atomic E-state index is 0.0779. The van der Waals surface area contributed by atoms with E-state index in [4.69, 9.17) is 0 Å². The first-order valence-corrected chi connectivity index (χ1v) is 13.8. The minimum Gasteiger partial charge on any atom is -0.338 e. The van der Waals surface area contributed by atoms with Gasteiger partial charge in [0.05, 0.1) is 12.6 Å². The molecule has 0 N–H and O–H groups in total. The predicted molar refractivity (Wildman–Crippen MR) is 139 cm³/mol. The van der Waals surface area contributed by atoms with Crippen LogP contribution in [0.4, 0.5) is 0 Å². The van der Waals surface area contributed by atoms with Crippen LogP contribution in [0.15, 0.2) is 35.7 Å². The number of rotatable bonds is 8. The molecule has 3 heterocycles. The van der Waals surface area contributed by atoms with Crippen molar-refractivity contribution in [1.82, 2.24) is 14.7 Å². The fourth-order valence-corrected chi connectivity index (χ4v) is 6.26. The SMILES string of the molecule is CCCCCCC(=O)N1CCN(C(=O)CN2CCc3sccc3[C@@H]2c2ccc(C)cc2)C[C@@H]1C. The highest BCUT2D eigenvalue weighted by atomic mass is 32.1. The van der Waals surface area contributed by atoms with Crippen molar-refractivity contribution in [2.45, 2.75) is 71.4 Å². The van der Waals surface area contributed by atoms with E-state index in [0.29, 0.717) is 32.6 Å². The molecular formula is C28H39N3O2S. The number of thiophene rings is 1. The number of aryl methyl sites for hydroxylation is 1. The van der Waals surface area contributed by atoms with Crippen LogP contribution < -0.4 is 0 Å². The molecule has 1 fully saturated rings. The van der Waals surface area contributed by atoms with Crippen LogP contribution in [0.5, 0.6) is 0 Å². The van der Waals surface area contributed by atoms with Crippen LogP contribution in [0.25, 0.3) is 0 Å². The van der Waals surface area contributed by atoms with Crippen LogP contribution in [0.1, 0.15) is 73.6 Å². The van der Waals surface area contributed by atoms with Crippen LogP contribution in [-0.4, -0.2) is 65.3 Å². The van der Waals surface area contributed by atoms with Crippen LogP contribution in [0.3, 0.4) is 0 Å². The average molecular weight is 482 g/mol. The van der Waals surface area contributed by atoms with Crippen LogP contribution in [0.2, 0.25) is 0 Å². The molecule has 184 valence electrons. The molecule has 5 nitrogen and oxygen atoms in total. The summed E-state index contributed by atoms with van der Waals surface area (Å²) in [7, 11) is 0. The molecule has 2 atom stereocenters. The van der Waals surface area contributed by atoms with E-state index >= 15 is 0 Å². The smallest absolute Gasteiger partial charge is 0.236 e. The van der Waals surface area contributed by atoms with Crippen molar-refractivity contribution in [3.05, 3.63) is 57.3 Å². The van der Waals surface area contributed by atoms with Gasteiger partial charge in [-0.05, 0) is 49.3 Å². The molecule has 2 amide bonds. The number of carbonyl (C=O) groups is 2. The normalized spacial score (nSPS) is 20.9. The van der Waals surface area contributed by atoms with Gasteiger partial charge in [0.1, 0.15) is 0 Å². The lowest BCUT2D eigenvalue weighted by Crippen LogP contribution is -2.57. The Morgan fingerprint density at radius 2 is 1.79 bits per heavy atom. The van der Waals surface area contributed by atoms with Crippen molar-refractivity contribution < 1.29 is 9.59 Å². The third-order valence-corrected chi connectivity index (χ3v) is 8.34. The van der Waals surface area contributed by atoms with Gasteiger partial charge in [-0.15, -0.1) is 11.3 Å². The monoisotopic (exact) mass is 481 g/mol. The molecule has 0 aliphatic carbocycles. The van der Waals surface area contributed by atoms with Gasteiger partial charge in [0.15, 0.2) is 0 Å². The van der Waals surface area contributed by atoms with E-state index in [1.165, 1.54) is 34.4 Å². The molecule has 34 heavy (non-hydrogen) atoms. The van der Waals surface area contributed by atoms with Gasteiger partial charge in [0, 0.05) is 43.5 Å². The van der Waals surface area contributed by atoms with E-state index in [9.17, 15) is 9.59 Å².